The van der Waals surface area contributed by atoms with Crippen LogP contribution in [0.25, 0.3) is 22.4 Å². The maximum absolute atomic E-state index is 11.9. The largest absolute Gasteiger partial charge is 0.384 e. The first-order chi connectivity index (χ1) is 15.6. The van der Waals surface area contributed by atoms with Gasteiger partial charge in [-0.05, 0) is 53.9 Å². The van der Waals surface area contributed by atoms with Crippen molar-refractivity contribution in [2.24, 2.45) is 0 Å². The minimum atomic E-state index is -0.124. The second-order valence-electron chi connectivity index (χ2n) is 7.37. The van der Waals surface area contributed by atoms with Gasteiger partial charge in [-0.2, -0.15) is 10.2 Å². The van der Waals surface area contributed by atoms with Gasteiger partial charge in [0.1, 0.15) is 0 Å². The molecule has 2 N–H and O–H groups in total. The van der Waals surface area contributed by atoms with Crippen molar-refractivity contribution in [1.82, 2.24) is 10.2 Å². The molecule has 160 valence electrons. The molecule has 1 aromatic heterocycles. The average molecular weight is 443 g/mol. The predicted molar refractivity (Wildman–Crippen MR) is 131 cm³/mol. The monoisotopic (exact) mass is 442 g/mol. The molecule has 0 saturated carbocycles. The van der Waals surface area contributed by atoms with E-state index in [4.69, 9.17) is 11.6 Å². The minimum Gasteiger partial charge on any atom is -0.384 e. The van der Waals surface area contributed by atoms with Crippen molar-refractivity contribution in [1.29, 1.82) is 0 Å². The van der Waals surface area contributed by atoms with Crippen LogP contribution in [-0.2, 0) is 11.2 Å². The van der Waals surface area contributed by atoms with Crippen molar-refractivity contribution in [2.45, 2.75) is 13.3 Å². The average Bonchev–Trinajstić information content (AvgIpc) is 2.81. The quantitative estimate of drug-likeness (QED) is 0.364. The van der Waals surface area contributed by atoms with E-state index in [0.717, 1.165) is 45.2 Å². The molecule has 3 aromatic carbocycles. The number of carbonyl (C=O) groups is 1. The molecule has 0 fully saturated rings. The zero-order valence-electron chi connectivity index (χ0n) is 17.7. The van der Waals surface area contributed by atoms with Gasteiger partial charge in [0, 0.05) is 35.8 Å². The van der Waals surface area contributed by atoms with Crippen LogP contribution in [0.4, 0.5) is 11.4 Å². The molecule has 4 rings (SSSR count). The van der Waals surface area contributed by atoms with Crippen molar-refractivity contribution >= 4 is 28.9 Å². The highest BCUT2D eigenvalue weighted by atomic mass is 35.5. The third-order valence-electron chi connectivity index (χ3n) is 5.06. The number of nitrogens with zero attached hydrogens (tertiary/aromatic N) is 2. The third kappa shape index (κ3) is 5.13. The Kier molecular flexibility index (Phi) is 6.78. The van der Waals surface area contributed by atoms with Crippen molar-refractivity contribution in [3.05, 3.63) is 95.6 Å². The summed E-state index contributed by atoms with van der Waals surface area (Å²) in [5, 5.41) is 15.7. The summed E-state index contributed by atoms with van der Waals surface area (Å²) in [6.45, 7) is 2.21. The highest BCUT2D eigenvalue weighted by molar-refractivity contribution is 6.30. The van der Waals surface area contributed by atoms with E-state index in [2.05, 4.69) is 20.8 Å². The van der Waals surface area contributed by atoms with E-state index in [1.165, 1.54) is 12.5 Å². The lowest BCUT2D eigenvalue weighted by Crippen LogP contribution is -2.11. The summed E-state index contributed by atoms with van der Waals surface area (Å²) in [7, 11) is 0. The molecule has 0 aliphatic heterocycles. The Labute approximate surface area is 192 Å². The van der Waals surface area contributed by atoms with Gasteiger partial charge in [-0.25, -0.2) is 0 Å². The van der Waals surface area contributed by atoms with E-state index in [0.29, 0.717) is 6.54 Å². The standard InChI is InChI=1S/C26H23ClN4O/c1-18(32)30-24-14-13-22(23-8-5-16-29-31-23)26(25(24)20-6-3-2-4-7-20)28-17-15-19-9-11-21(27)12-10-19/h2-14,16,28H,15,17H2,1H3,(H,30,32). The molecule has 0 saturated heterocycles. The predicted octanol–water partition coefficient (Wildman–Crippen LogP) is 6.08. The molecule has 0 atom stereocenters. The van der Waals surface area contributed by atoms with Gasteiger partial charge < -0.3 is 10.6 Å². The second kappa shape index (κ2) is 10.1. The molecule has 6 heteroatoms. The molecular formula is C26H23ClN4O. The molecule has 1 heterocycles. The molecule has 4 aromatic rings. The van der Waals surface area contributed by atoms with Crippen LogP contribution in [0, 0.1) is 0 Å². The van der Waals surface area contributed by atoms with Crippen LogP contribution >= 0.6 is 11.6 Å². The molecule has 5 nitrogen and oxygen atoms in total. The Morgan fingerprint density at radius 2 is 1.72 bits per heavy atom. The Hall–Kier alpha value is -3.70. The lowest BCUT2D eigenvalue weighted by atomic mass is 9.95. The van der Waals surface area contributed by atoms with Crippen molar-refractivity contribution in [2.75, 3.05) is 17.2 Å². The highest BCUT2D eigenvalue weighted by Gasteiger charge is 2.18. The maximum atomic E-state index is 11.9. The summed E-state index contributed by atoms with van der Waals surface area (Å²) in [5.74, 6) is -0.124. The van der Waals surface area contributed by atoms with Gasteiger partial charge in [0.05, 0.1) is 17.1 Å². The Balaban J connectivity index is 1.78. The van der Waals surface area contributed by atoms with Crippen molar-refractivity contribution < 1.29 is 4.79 Å². The van der Waals surface area contributed by atoms with Gasteiger partial charge in [-0.1, -0.05) is 54.1 Å². The number of aromatic nitrogens is 2. The number of carbonyl (C=O) groups excluding carboxylic acids is 1. The second-order valence-corrected chi connectivity index (χ2v) is 7.81. The molecule has 0 aliphatic carbocycles. The van der Waals surface area contributed by atoms with Gasteiger partial charge in [0.2, 0.25) is 5.91 Å². The molecule has 0 spiro atoms. The van der Waals surface area contributed by atoms with E-state index in [-0.39, 0.29) is 5.91 Å². The SMILES string of the molecule is CC(=O)Nc1ccc(-c2cccnn2)c(NCCc2ccc(Cl)cc2)c1-c1ccccc1. The smallest absolute Gasteiger partial charge is 0.221 e. The summed E-state index contributed by atoms with van der Waals surface area (Å²) < 4.78 is 0. The lowest BCUT2D eigenvalue weighted by Gasteiger charge is -2.20. The van der Waals surface area contributed by atoms with Crippen LogP contribution in [0.5, 0.6) is 0 Å². The number of nitrogens with one attached hydrogen (secondary N) is 2. The first-order valence-electron chi connectivity index (χ1n) is 10.4. The zero-order valence-corrected chi connectivity index (χ0v) is 18.4. The summed E-state index contributed by atoms with van der Waals surface area (Å²) in [4.78, 5) is 11.9. The van der Waals surface area contributed by atoms with Crippen LogP contribution in [0.3, 0.4) is 0 Å². The number of halogens is 1. The molecule has 1 amide bonds. The van der Waals surface area contributed by atoms with Crippen LogP contribution in [0.2, 0.25) is 5.02 Å². The fourth-order valence-electron chi connectivity index (χ4n) is 3.63. The van der Waals surface area contributed by atoms with Gasteiger partial charge >= 0.3 is 0 Å². The summed E-state index contributed by atoms with van der Waals surface area (Å²) in [6.07, 6.45) is 2.47. The highest BCUT2D eigenvalue weighted by Crippen LogP contribution is 2.41. The fraction of sp³-hybridized carbons (Fsp3) is 0.115. The summed E-state index contributed by atoms with van der Waals surface area (Å²) in [5.41, 5.74) is 6.41. The van der Waals surface area contributed by atoms with Crippen LogP contribution < -0.4 is 10.6 Å². The topological polar surface area (TPSA) is 66.9 Å². The number of rotatable bonds is 7. The molecular weight excluding hydrogens is 420 g/mol. The van der Waals surface area contributed by atoms with Crippen LogP contribution in [0.15, 0.2) is 85.1 Å². The van der Waals surface area contributed by atoms with Crippen LogP contribution in [0.1, 0.15) is 12.5 Å². The Bertz CT molecular complexity index is 1200. The first kappa shape index (κ1) is 21.5. The third-order valence-corrected chi connectivity index (χ3v) is 5.31. The Morgan fingerprint density at radius 3 is 2.41 bits per heavy atom. The zero-order chi connectivity index (χ0) is 22.3. The number of hydrogen-bond acceptors (Lipinski definition) is 4. The number of benzene rings is 3. The first-order valence-corrected chi connectivity index (χ1v) is 10.8. The lowest BCUT2D eigenvalue weighted by molar-refractivity contribution is -0.114. The molecule has 0 bridgehead atoms. The number of hydrogen-bond donors (Lipinski definition) is 2. The van der Waals surface area contributed by atoms with E-state index in [1.54, 1.807) is 6.20 Å². The molecule has 0 aliphatic rings. The maximum Gasteiger partial charge on any atom is 0.221 e. The summed E-state index contributed by atoms with van der Waals surface area (Å²) >= 11 is 6.01. The molecule has 32 heavy (non-hydrogen) atoms. The van der Waals surface area contributed by atoms with Crippen molar-refractivity contribution in [3.63, 3.8) is 0 Å². The van der Waals surface area contributed by atoms with E-state index in [9.17, 15) is 4.79 Å². The Morgan fingerprint density at radius 1 is 0.938 bits per heavy atom. The minimum absolute atomic E-state index is 0.124. The fourth-order valence-corrected chi connectivity index (χ4v) is 3.75. The molecule has 0 radical (unpaired) electrons. The van der Waals surface area contributed by atoms with E-state index in [1.807, 2.05) is 78.9 Å². The number of anilines is 2. The summed E-state index contributed by atoms with van der Waals surface area (Å²) in [6, 6.07) is 25.5. The van der Waals surface area contributed by atoms with Gasteiger partial charge in [-0.15, -0.1) is 0 Å². The van der Waals surface area contributed by atoms with Gasteiger partial charge in [0.25, 0.3) is 0 Å². The van der Waals surface area contributed by atoms with E-state index < -0.39 is 0 Å². The normalized spacial score (nSPS) is 10.6. The van der Waals surface area contributed by atoms with Gasteiger partial charge in [-0.3, -0.25) is 4.79 Å². The number of amides is 1. The van der Waals surface area contributed by atoms with Crippen LogP contribution in [-0.4, -0.2) is 22.6 Å². The van der Waals surface area contributed by atoms with Gasteiger partial charge in [0.15, 0.2) is 0 Å². The van der Waals surface area contributed by atoms with E-state index >= 15 is 0 Å². The van der Waals surface area contributed by atoms with Crippen molar-refractivity contribution in [3.8, 4) is 22.4 Å². The molecule has 0 unspecified atom stereocenters.